The van der Waals surface area contributed by atoms with Crippen LogP contribution in [0.25, 0.3) is 0 Å². The van der Waals surface area contributed by atoms with Gasteiger partial charge in [0.1, 0.15) is 5.56 Å². The predicted octanol–water partition coefficient (Wildman–Crippen LogP) is 2.83. The number of rotatable bonds is 10. The second-order valence-corrected chi connectivity index (χ2v) is 4.65. The molecular weight excluding hydrogens is 261 g/mol. The lowest BCUT2D eigenvalue weighted by molar-refractivity contribution is 0.0797. The first kappa shape index (κ1) is 19.5. The van der Waals surface area contributed by atoms with Gasteiger partial charge in [0.15, 0.2) is 0 Å². The van der Waals surface area contributed by atoms with Crippen molar-refractivity contribution in [2.45, 2.75) is 56.7 Å². The summed E-state index contributed by atoms with van der Waals surface area (Å²) in [6, 6.07) is -0.00287. The van der Waals surface area contributed by atoms with E-state index in [0.29, 0.717) is 13.0 Å². The highest BCUT2D eigenvalue weighted by molar-refractivity contribution is 6.19. The molecule has 0 saturated heterocycles. The van der Waals surface area contributed by atoms with Crippen LogP contribution in [0.15, 0.2) is 12.7 Å². The highest BCUT2D eigenvalue weighted by atomic mass is 35.5. The lowest BCUT2D eigenvalue weighted by Crippen LogP contribution is -2.23. The Balaban J connectivity index is 0. The Morgan fingerprint density at radius 1 is 1.41 bits per heavy atom. The number of ether oxygens (including phenoxy) is 1. The number of alkyl halides is 1. The largest absolute Gasteiger partial charge is 0.378 e. The van der Waals surface area contributed by atoms with E-state index in [9.17, 15) is 0 Å². The summed E-state index contributed by atoms with van der Waals surface area (Å²) in [5, 5.41) is 8.92. The van der Waals surface area contributed by atoms with E-state index in [4.69, 9.17) is 27.2 Å². The molecular formula is C12H25Cl2NO2. The Labute approximate surface area is 116 Å². The molecule has 0 aliphatic rings. The van der Waals surface area contributed by atoms with Gasteiger partial charge in [-0.05, 0) is 19.8 Å². The van der Waals surface area contributed by atoms with Crippen LogP contribution >= 0.6 is 24.0 Å². The van der Waals surface area contributed by atoms with Gasteiger partial charge in [-0.3, -0.25) is 0 Å². The van der Waals surface area contributed by atoms with E-state index in [0.717, 1.165) is 25.7 Å². The summed E-state index contributed by atoms with van der Waals surface area (Å²) in [5.74, 6) is 0. The maximum absolute atomic E-state index is 8.92. The van der Waals surface area contributed by atoms with Crippen molar-refractivity contribution in [3.05, 3.63) is 12.7 Å². The van der Waals surface area contributed by atoms with E-state index in [1.807, 2.05) is 0 Å². The Morgan fingerprint density at radius 2 is 2.00 bits per heavy atom. The molecule has 3 atom stereocenters. The van der Waals surface area contributed by atoms with Gasteiger partial charge in [-0.1, -0.05) is 30.5 Å². The monoisotopic (exact) mass is 285 g/mol. The van der Waals surface area contributed by atoms with Crippen molar-refractivity contribution in [2.24, 2.45) is 5.73 Å². The van der Waals surface area contributed by atoms with Gasteiger partial charge in [0.25, 0.3) is 0 Å². The molecule has 5 heteroatoms. The molecule has 0 aromatic rings. The highest BCUT2D eigenvalue weighted by Gasteiger charge is 2.08. The van der Waals surface area contributed by atoms with Gasteiger partial charge in [-0.25, -0.2) is 0 Å². The smallest absolute Gasteiger partial charge is 0.129 e. The molecule has 3 N–H and O–H groups in total. The van der Waals surface area contributed by atoms with E-state index in [1.165, 1.54) is 0 Å². The zero-order chi connectivity index (χ0) is 12.4. The second kappa shape index (κ2) is 12.7. The zero-order valence-corrected chi connectivity index (χ0v) is 12.1. The number of aliphatic hydroxyl groups excluding tert-OH is 1. The number of nitrogens with two attached hydrogens (primary N) is 1. The van der Waals surface area contributed by atoms with Gasteiger partial charge in [0.2, 0.25) is 0 Å². The molecule has 0 aliphatic heterocycles. The van der Waals surface area contributed by atoms with Crippen LogP contribution in [-0.4, -0.2) is 29.4 Å². The normalized spacial score (nSPS) is 15.8. The van der Waals surface area contributed by atoms with Crippen molar-refractivity contribution >= 4 is 24.0 Å². The fourth-order valence-electron chi connectivity index (χ4n) is 1.52. The minimum atomic E-state index is -0.815. The van der Waals surface area contributed by atoms with Gasteiger partial charge in [0.05, 0.1) is 12.7 Å². The maximum Gasteiger partial charge on any atom is 0.129 e. The Kier molecular flexibility index (Phi) is 14.5. The fraction of sp³-hybridized carbons (Fsp3) is 0.833. The van der Waals surface area contributed by atoms with Gasteiger partial charge >= 0.3 is 0 Å². The Bertz CT molecular complexity index is 180. The van der Waals surface area contributed by atoms with E-state index >= 15 is 0 Å². The predicted molar refractivity (Wildman–Crippen MR) is 75.8 cm³/mol. The molecule has 0 bridgehead atoms. The summed E-state index contributed by atoms with van der Waals surface area (Å²) in [6.07, 6.45) is 6.56. The standard InChI is InChI=1S/C12H24ClNO2.ClH/c1-3-8-16-10(2)6-4-5-7-11(14)9-12(13)15;/h3,10-12,15H,1,4-9,14H2,2H3;1H/t10?,11-,12?;/m0./s1. The number of unbranched alkanes of at least 4 members (excludes halogenated alkanes) is 1. The SMILES string of the molecule is C=CCOC(C)CCCC[C@H](N)CC(O)Cl.Cl. The summed E-state index contributed by atoms with van der Waals surface area (Å²) in [4.78, 5) is 0. The fourth-order valence-corrected chi connectivity index (χ4v) is 1.75. The third-order valence-electron chi connectivity index (χ3n) is 2.43. The van der Waals surface area contributed by atoms with Gasteiger partial charge in [-0.15, -0.1) is 19.0 Å². The van der Waals surface area contributed by atoms with Crippen LogP contribution in [0.5, 0.6) is 0 Å². The number of hydrogen-bond acceptors (Lipinski definition) is 3. The zero-order valence-electron chi connectivity index (χ0n) is 10.5. The quantitative estimate of drug-likeness (QED) is 0.369. The summed E-state index contributed by atoms with van der Waals surface area (Å²) < 4.78 is 5.45. The Hall–Kier alpha value is 0.200. The molecule has 0 fully saturated rings. The molecule has 0 spiro atoms. The molecule has 104 valence electrons. The highest BCUT2D eigenvalue weighted by Crippen LogP contribution is 2.11. The van der Waals surface area contributed by atoms with E-state index in [-0.39, 0.29) is 24.6 Å². The molecule has 17 heavy (non-hydrogen) atoms. The molecule has 0 aromatic carbocycles. The molecule has 0 aliphatic carbocycles. The summed E-state index contributed by atoms with van der Waals surface area (Å²) in [6.45, 7) is 6.27. The minimum absolute atomic E-state index is 0. The second-order valence-electron chi connectivity index (χ2n) is 4.15. The summed E-state index contributed by atoms with van der Waals surface area (Å²) in [7, 11) is 0. The average molecular weight is 286 g/mol. The first-order valence-corrected chi connectivity index (χ1v) is 6.30. The lowest BCUT2D eigenvalue weighted by Gasteiger charge is -2.14. The minimum Gasteiger partial charge on any atom is -0.378 e. The van der Waals surface area contributed by atoms with Crippen molar-refractivity contribution in [3.8, 4) is 0 Å². The van der Waals surface area contributed by atoms with E-state index in [2.05, 4.69) is 13.5 Å². The van der Waals surface area contributed by atoms with Gasteiger partial charge in [0, 0.05) is 12.5 Å². The van der Waals surface area contributed by atoms with E-state index in [1.54, 1.807) is 6.08 Å². The van der Waals surface area contributed by atoms with Gasteiger partial charge in [-0.2, -0.15) is 0 Å². The van der Waals surface area contributed by atoms with Crippen LogP contribution in [0.3, 0.4) is 0 Å². The van der Waals surface area contributed by atoms with Crippen molar-refractivity contribution in [1.82, 2.24) is 0 Å². The molecule has 0 radical (unpaired) electrons. The summed E-state index contributed by atoms with van der Waals surface area (Å²) in [5.41, 5.74) is 4.97. The molecule has 2 unspecified atom stereocenters. The van der Waals surface area contributed by atoms with E-state index < -0.39 is 5.56 Å². The number of hydrogen-bond donors (Lipinski definition) is 2. The van der Waals surface area contributed by atoms with Gasteiger partial charge < -0.3 is 15.6 Å². The first-order valence-electron chi connectivity index (χ1n) is 5.86. The van der Waals surface area contributed by atoms with Crippen molar-refractivity contribution in [1.29, 1.82) is 0 Å². The number of halogens is 2. The average Bonchev–Trinajstić information content (AvgIpc) is 2.20. The van der Waals surface area contributed by atoms with Crippen molar-refractivity contribution in [2.75, 3.05) is 6.61 Å². The lowest BCUT2D eigenvalue weighted by atomic mass is 10.1. The molecule has 3 nitrogen and oxygen atoms in total. The molecule has 0 aromatic heterocycles. The third-order valence-corrected chi connectivity index (χ3v) is 2.61. The molecule has 0 amide bonds. The van der Waals surface area contributed by atoms with Crippen LogP contribution < -0.4 is 5.73 Å². The summed E-state index contributed by atoms with van der Waals surface area (Å²) >= 11 is 5.44. The van der Waals surface area contributed by atoms with Crippen LogP contribution in [0, 0.1) is 0 Å². The molecule has 0 rings (SSSR count). The number of aliphatic hydroxyl groups is 1. The maximum atomic E-state index is 8.92. The topological polar surface area (TPSA) is 55.5 Å². The van der Waals surface area contributed by atoms with Crippen LogP contribution in [0.2, 0.25) is 0 Å². The molecule has 0 heterocycles. The molecule has 0 saturated carbocycles. The van der Waals surface area contributed by atoms with Crippen LogP contribution in [0.4, 0.5) is 0 Å². The van der Waals surface area contributed by atoms with Crippen LogP contribution in [0.1, 0.15) is 39.0 Å². The van der Waals surface area contributed by atoms with Crippen LogP contribution in [-0.2, 0) is 4.74 Å². The third kappa shape index (κ3) is 14.1. The Morgan fingerprint density at radius 3 is 2.53 bits per heavy atom. The first-order chi connectivity index (χ1) is 7.56. The van der Waals surface area contributed by atoms with Crippen molar-refractivity contribution < 1.29 is 9.84 Å². The van der Waals surface area contributed by atoms with Crippen molar-refractivity contribution in [3.63, 3.8) is 0 Å².